The summed E-state index contributed by atoms with van der Waals surface area (Å²) < 4.78 is 5.34. The molecular formula is C14H26N2O2. The third-order valence-corrected chi connectivity index (χ3v) is 4.30. The monoisotopic (exact) mass is 254 g/mol. The first-order chi connectivity index (χ1) is 8.65. The second-order valence-corrected chi connectivity index (χ2v) is 5.90. The zero-order chi connectivity index (χ0) is 13.0. The van der Waals surface area contributed by atoms with Gasteiger partial charge in [0.15, 0.2) is 0 Å². The number of piperazine rings is 1. The molecule has 2 heterocycles. The largest absolute Gasteiger partial charge is 0.381 e. The van der Waals surface area contributed by atoms with E-state index in [-0.39, 0.29) is 0 Å². The van der Waals surface area contributed by atoms with Gasteiger partial charge in [-0.05, 0) is 32.9 Å². The molecule has 104 valence electrons. The number of hydrogen-bond acceptors (Lipinski definition) is 4. The van der Waals surface area contributed by atoms with E-state index in [1.54, 1.807) is 0 Å². The fourth-order valence-corrected chi connectivity index (χ4v) is 2.94. The van der Waals surface area contributed by atoms with Gasteiger partial charge in [0.1, 0.15) is 5.78 Å². The van der Waals surface area contributed by atoms with Crippen molar-refractivity contribution in [2.75, 3.05) is 46.9 Å². The van der Waals surface area contributed by atoms with Gasteiger partial charge in [-0.15, -0.1) is 0 Å². The van der Waals surface area contributed by atoms with Crippen LogP contribution in [0.5, 0.6) is 0 Å². The van der Waals surface area contributed by atoms with Crippen molar-refractivity contribution in [3.05, 3.63) is 0 Å². The van der Waals surface area contributed by atoms with Crippen LogP contribution in [-0.4, -0.2) is 68.6 Å². The number of carbonyl (C=O) groups is 1. The van der Waals surface area contributed by atoms with Gasteiger partial charge in [0.05, 0.1) is 0 Å². The molecule has 2 aliphatic rings. The minimum atomic E-state index is 0.413. The molecule has 0 aromatic carbocycles. The lowest BCUT2D eigenvalue weighted by Crippen LogP contribution is -2.50. The molecule has 2 rings (SSSR count). The summed E-state index contributed by atoms with van der Waals surface area (Å²) in [7, 11) is 4.28. The highest BCUT2D eigenvalue weighted by Crippen LogP contribution is 2.20. The van der Waals surface area contributed by atoms with Crippen LogP contribution in [0.4, 0.5) is 0 Å². The molecule has 2 aliphatic heterocycles. The van der Waals surface area contributed by atoms with E-state index in [4.69, 9.17) is 4.74 Å². The lowest BCUT2D eigenvalue weighted by Gasteiger charge is -2.37. The second-order valence-electron chi connectivity index (χ2n) is 5.90. The number of likely N-dealkylation sites (N-methyl/N-ethyl adjacent to an activating group) is 2. The van der Waals surface area contributed by atoms with E-state index in [2.05, 4.69) is 23.9 Å². The highest BCUT2D eigenvalue weighted by molar-refractivity contribution is 5.79. The molecule has 0 aromatic heterocycles. The molecule has 0 aromatic rings. The van der Waals surface area contributed by atoms with Crippen molar-refractivity contribution < 1.29 is 9.53 Å². The number of nitrogens with zero attached hydrogens (tertiary/aromatic N) is 2. The average molecular weight is 254 g/mol. The molecule has 2 saturated heterocycles. The van der Waals surface area contributed by atoms with E-state index in [1.165, 1.54) is 0 Å². The molecule has 4 nitrogen and oxygen atoms in total. The Morgan fingerprint density at radius 1 is 1.17 bits per heavy atom. The molecule has 18 heavy (non-hydrogen) atoms. The maximum atomic E-state index is 12.1. The van der Waals surface area contributed by atoms with Gasteiger partial charge in [0.25, 0.3) is 0 Å². The highest BCUT2D eigenvalue weighted by Gasteiger charge is 2.25. The Labute approximate surface area is 110 Å². The topological polar surface area (TPSA) is 32.8 Å². The quantitative estimate of drug-likeness (QED) is 0.749. The maximum absolute atomic E-state index is 12.1. The van der Waals surface area contributed by atoms with Gasteiger partial charge in [-0.1, -0.05) is 0 Å². The Bertz CT molecular complexity index is 277. The molecule has 0 N–H and O–H groups in total. The van der Waals surface area contributed by atoms with Crippen molar-refractivity contribution in [1.82, 2.24) is 9.80 Å². The zero-order valence-corrected chi connectivity index (χ0v) is 11.7. The van der Waals surface area contributed by atoms with Crippen molar-refractivity contribution in [2.45, 2.75) is 31.7 Å². The Morgan fingerprint density at radius 3 is 2.61 bits per heavy atom. The first-order valence-corrected chi connectivity index (χ1v) is 7.13. The first-order valence-electron chi connectivity index (χ1n) is 7.13. The summed E-state index contributed by atoms with van der Waals surface area (Å²) in [5.41, 5.74) is 0. The first kappa shape index (κ1) is 14.0. The number of ether oxygens (including phenoxy) is 1. The van der Waals surface area contributed by atoms with Crippen LogP contribution in [-0.2, 0) is 9.53 Å². The fourth-order valence-electron chi connectivity index (χ4n) is 2.94. The van der Waals surface area contributed by atoms with Crippen LogP contribution in [0.2, 0.25) is 0 Å². The van der Waals surface area contributed by atoms with E-state index in [1.807, 2.05) is 0 Å². The van der Waals surface area contributed by atoms with Crippen molar-refractivity contribution in [3.8, 4) is 0 Å². The van der Waals surface area contributed by atoms with Gasteiger partial charge < -0.3 is 14.5 Å². The Balaban J connectivity index is 1.75. The van der Waals surface area contributed by atoms with E-state index >= 15 is 0 Å². The Morgan fingerprint density at radius 2 is 1.89 bits per heavy atom. The predicted molar refractivity (Wildman–Crippen MR) is 71.7 cm³/mol. The molecule has 2 fully saturated rings. The Kier molecular flexibility index (Phi) is 5.15. The van der Waals surface area contributed by atoms with Gasteiger partial charge in [0.2, 0.25) is 0 Å². The van der Waals surface area contributed by atoms with Crippen LogP contribution >= 0.6 is 0 Å². The Hall–Kier alpha value is -0.450. The standard InChI is InChI=1S/C14H26N2O2/c1-15-5-6-16(2)13(11-15)10-14(17)9-12-3-7-18-8-4-12/h12-13H,3-11H2,1-2H3. The fraction of sp³-hybridized carbons (Fsp3) is 0.929. The average Bonchev–Trinajstić information content (AvgIpc) is 2.35. The minimum absolute atomic E-state index is 0.413. The molecule has 0 saturated carbocycles. The highest BCUT2D eigenvalue weighted by atomic mass is 16.5. The van der Waals surface area contributed by atoms with Crippen LogP contribution in [0.3, 0.4) is 0 Å². The van der Waals surface area contributed by atoms with E-state index in [0.29, 0.717) is 17.7 Å². The van der Waals surface area contributed by atoms with Gasteiger partial charge in [-0.25, -0.2) is 0 Å². The van der Waals surface area contributed by atoms with Crippen LogP contribution < -0.4 is 0 Å². The predicted octanol–water partition coefficient (Wildman–Crippen LogP) is 1.01. The van der Waals surface area contributed by atoms with Crippen LogP contribution in [0, 0.1) is 5.92 Å². The van der Waals surface area contributed by atoms with Crippen molar-refractivity contribution in [1.29, 1.82) is 0 Å². The summed E-state index contributed by atoms with van der Waals surface area (Å²) >= 11 is 0. The van der Waals surface area contributed by atoms with Gasteiger partial charge in [-0.3, -0.25) is 4.79 Å². The number of carbonyl (C=O) groups excluding carboxylic acids is 1. The second kappa shape index (κ2) is 6.64. The summed E-state index contributed by atoms with van der Waals surface area (Å²) in [4.78, 5) is 16.8. The summed E-state index contributed by atoms with van der Waals surface area (Å²) in [6, 6.07) is 0.413. The molecular weight excluding hydrogens is 228 g/mol. The van der Waals surface area contributed by atoms with Crippen molar-refractivity contribution in [2.24, 2.45) is 5.92 Å². The molecule has 0 radical (unpaired) electrons. The third-order valence-electron chi connectivity index (χ3n) is 4.30. The van der Waals surface area contributed by atoms with Gasteiger partial charge in [-0.2, -0.15) is 0 Å². The number of Topliss-reactive ketones (excluding diaryl/α,β-unsaturated/α-hetero) is 1. The summed E-state index contributed by atoms with van der Waals surface area (Å²) in [5, 5.41) is 0. The molecule has 4 heteroatoms. The van der Waals surface area contributed by atoms with Crippen LogP contribution in [0.25, 0.3) is 0 Å². The van der Waals surface area contributed by atoms with Crippen LogP contribution in [0.15, 0.2) is 0 Å². The van der Waals surface area contributed by atoms with Crippen molar-refractivity contribution >= 4 is 5.78 Å². The lowest BCUT2D eigenvalue weighted by atomic mass is 9.92. The summed E-state index contributed by atoms with van der Waals surface area (Å²) in [6.45, 7) is 4.89. The van der Waals surface area contributed by atoms with Crippen LogP contribution in [0.1, 0.15) is 25.7 Å². The van der Waals surface area contributed by atoms with E-state index < -0.39 is 0 Å². The summed E-state index contributed by atoms with van der Waals surface area (Å²) in [5.74, 6) is 1.01. The SMILES string of the molecule is CN1CCN(C)C(CC(=O)CC2CCOCC2)C1. The molecule has 0 aliphatic carbocycles. The number of hydrogen-bond donors (Lipinski definition) is 0. The summed E-state index contributed by atoms with van der Waals surface area (Å²) in [6.07, 6.45) is 3.61. The minimum Gasteiger partial charge on any atom is -0.381 e. The molecule has 1 atom stereocenters. The number of ketones is 1. The molecule has 0 spiro atoms. The maximum Gasteiger partial charge on any atom is 0.134 e. The van der Waals surface area contributed by atoms with Gasteiger partial charge >= 0.3 is 0 Å². The molecule has 0 amide bonds. The zero-order valence-electron chi connectivity index (χ0n) is 11.7. The molecule has 1 unspecified atom stereocenters. The third kappa shape index (κ3) is 4.04. The van der Waals surface area contributed by atoms with Crippen molar-refractivity contribution in [3.63, 3.8) is 0 Å². The van der Waals surface area contributed by atoms with E-state index in [9.17, 15) is 4.79 Å². The number of rotatable bonds is 4. The van der Waals surface area contributed by atoms with E-state index in [0.717, 1.165) is 58.5 Å². The molecule has 0 bridgehead atoms. The smallest absolute Gasteiger partial charge is 0.134 e. The normalized spacial score (nSPS) is 28.4. The van der Waals surface area contributed by atoms with Gasteiger partial charge in [0, 0.05) is 51.7 Å². The lowest BCUT2D eigenvalue weighted by molar-refractivity contribution is -0.122.